The third kappa shape index (κ3) is 3.12. The number of aromatic amines is 1. The molecule has 2 aromatic carbocycles. The minimum atomic E-state index is -0.0685. The number of amides is 1. The first kappa shape index (κ1) is 17.7. The molecule has 5 rings (SSSR count). The minimum absolute atomic E-state index is 0.00596. The minimum Gasteiger partial charge on any atom is -0.350 e. The highest BCUT2D eigenvalue weighted by Gasteiger charge is 2.17. The summed E-state index contributed by atoms with van der Waals surface area (Å²) in [6.07, 6.45) is 6.31. The van der Waals surface area contributed by atoms with Crippen molar-refractivity contribution in [1.29, 1.82) is 0 Å². The monoisotopic (exact) mass is 385 g/mol. The van der Waals surface area contributed by atoms with Crippen molar-refractivity contribution in [2.75, 3.05) is 5.32 Å². The van der Waals surface area contributed by atoms with Gasteiger partial charge in [-0.2, -0.15) is 0 Å². The van der Waals surface area contributed by atoms with Crippen molar-refractivity contribution in [2.24, 2.45) is 7.05 Å². The molecule has 0 bridgehead atoms. The predicted molar refractivity (Wildman–Crippen MR) is 116 cm³/mol. The summed E-state index contributed by atoms with van der Waals surface area (Å²) < 4.78 is 2.04. The maximum absolute atomic E-state index is 12.7. The van der Waals surface area contributed by atoms with Crippen LogP contribution < -0.4 is 10.9 Å². The Kier molecular flexibility index (Phi) is 4.23. The van der Waals surface area contributed by atoms with Crippen LogP contribution in [0.5, 0.6) is 0 Å². The molecule has 4 aromatic rings. The molecule has 0 atom stereocenters. The third-order valence-corrected chi connectivity index (χ3v) is 5.95. The van der Waals surface area contributed by atoms with Crippen LogP contribution >= 0.6 is 0 Å². The smallest absolute Gasteiger partial charge is 0.251 e. The van der Waals surface area contributed by atoms with Crippen LogP contribution in [0.2, 0.25) is 0 Å². The van der Waals surface area contributed by atoms with Crippen LogP contribution in [0.1, 0.15) is 29.5 Å². The van der Waals surface area contributed by atoms with Crippen LogP contribution in [0.25, 0.3) is 21.8 Å². The Hall–Kier alpha value is -3.34. The summed E-state index contributed by atoms with van der Waals surface area (Å²) in [5.41, 5.74) is 5.71. The van der Waals surface area contributed by atoms with E-state index in [4.69, 9.17) is 0 Å². The SMILES string of the molecule is Cn1cc(CC(=O)Nc2ccc3c4c(c(=O)[nH]c3c2)CCCC4)c2ccccc21. The number of aromatic nitrogens is 2. The maximum Gasteiger partial charge on any atom is 0.251 e. The largest absolute Gasteiger partial charge is 0.350 e. The number of carbonyl (C=O) groups is 1. The fraction of sp³-hybridized carbons (Fsp3) is 0.250. The van der Waals surface area contributed by atoms with E-state index in [0.29, 0.717) is 12.1 Å². The zero-order valence-corrected chi connectivity index (χ0v) is 16.4. The number of nitrogens with zero attached hydrogens (tertiary/aromatic N) is 1. The van der Waals surface area contributed by atoms with Gasteiger partial charge in [0.2, 0.25) is 5.91 Å². The number of pyridine rings is 1. The number of benzene rings is 2. The van der Waals surface area contributed by atoms with E-state index in [2.05, 4.69) is 16.4 Å². The first-order chi connectivity index (χ1) is 14.1. The topological polar surface area (TPSA) is 66.9 Å². The molecule has 1 aliphatic carbocycles. The zero-order chi connectivity index (χ0) is 20.0. The second kappa shape index (κ2) is 6.92. The summed E-state index contributed by atoms with van der Waals surface area (Å²) in [5.74, 6) is -0.0685. The van der Waals surface area contributed by atoms with Crippen LogP contribution in [-0.4, -0.2) is 15.5 Å². The lowest BCUT2D eigenvalue weighted by atomic mass is 9.90. The van der Waals surface area contributed by atoms with Gasteiger partial charge in [-0.15, -0.1) is 0 Å². The Morgan fingerprint density at radius 2 is 1.86 bits per heavy atom. The number of anilines is 1. The summed E-state index contributed by atoms with van der Waals surface area (Å²) >= 11 is 0. The molecule has 29 heavy (non-hydrogen) atoms. The normalized spacial score (nSPS) is 13.6. The van der Waals surface area contributed by atoms with Gasteiger partial charge in [0.1, 0.15) is 0 Å². The highest BCUT2D eigenvalue weighted by Crippen LogP contribution is 2.27. The van der Waals surface area contributed by atoms with Gasteiger partial charge in [0, 0.05) is 40.8 Å². The van der Waals surface area contributed by atoms with Gasteiger partial charge in [-0.1, -0.05) is 24.3 Å². The fourth-order valence-electron chi connectivity index (χ4n) is 4.58. The fourth-order valence-corrected chi connectivity index (χ4v) is 4.58. The molecule has 2 heterocycles. The second-order valence-electron chi connectivity index (χ2n) is 7.89. The summed E-state index contributed by atoms with van der Waals surface area (Å²) in [5, 5.41) is 5.17. The van der Waals surface area contributed by atoms with Crippen LogP contribution in [-0.2, 0) is 31.1 Å². The number of nitrogens with one attached hydrogen (secondary N) is 2. The van der Waals surface area contributed by atoms with E-state index in [-0.39, 0.29) is 11.5 Å². The summed E-state index contributed by atoms with van der Waals surface area (Å²) in [6, 6.07) is 13.9. The Bertz CT molecular complexity index is 1310. The number of hydrogen-bond donors (Lipinski definition) is 2. The van der Waals surface area contributed by atoms with E-state index in [9.17, 15) is 9.59 Å². The molecule has 5 heteroatoms. The highest BCUT2D eigenvalue weighted by molar-refractivity contribution is 5.97. The van der Waals surface area contributed by atoms with Gasteiger partial charge in [-0.3, -0.25) is 9.59 Å². The van der Waals surface area contributed by atoms with Crippen LogP contribution in [0.4, 0.5) is 5.69 Å². The number of fused-ring (bicyclic) bond motifs is 4. The number of rotatable bonds is 3. The lowest BCUT2D eigenvalue weighted by Crippen LogP contribution is -2.19. The van der Waals surface area contributed by atoms with E-state index in [1.165, 1.54) is 5.56 Å². The highest BCUT2D eigenvalue weighted by atomic mass is 16.1. The van der Waals surface area contributed by atoms with Crippen molar-refractivity contribution in [1.82, 2.24) is 9.55 Å². The average Bonchev–Trinajstić information content (AvgIpc) is 3.04. The quantitative estimate of drug-likeness (QED) is 0.558. The Balaban J connectivity index is 1.42. The van der Waals surface area contributed by atoms with Gasteiger partial charge < -0.3 is 14.9 Å². The lowest BCUT2D eigenvalue weighted by molar-refractivity contribution is -0.115. The second-order valence-corrected chi connectivity index (χ2v) is 7.89. The van der Waals surface area contributed by atoms with Crippen molar-refractivity contribution < 1.29 is 4.79 Å². The number of H-pyrrole nitrogens is 1. The van der Waals surface area contributed by atoms with Crippen molar-refractivity contribution in [2.45, 2.75) is 32.1 Å². The van der Waals surface area contributed by atoms with Gasteiger partial charge in [0.15, 0.2) is 0 Å². The van der Waals surface area contributed by atoms with Gasteiger partial charge in [-0.05, 0) is 55.0 Å². The van der Waals surface area contributed by atoms with E-state index in [1.807, 2.05) is 54.2 Å². The van der Waals surface area contributed by atoms with Gasteiger partial charge in [0.25, 0.3) is 5.56 Å². The molecule has 146 valence electrons. The molecule has 0 radical (unpaired) electrons. The van der Waals surface area contributed by atoms with E-state index in [1.54, 1.807) is 0 Å². The molecule has 0 saturated heterocycles. The average molecular weight is 385 g/mol. The molecule has 0 spiro atoms. The molecule has 5 nitrogen and oxygen atoms in total. The Labute approximate surface area is 168 Å². The molecular weight excluding hydrogens is 362 g/mol. The predicted octanol–water partition coefficient (Wildman–Crippen LogP) is 4.08. The number of para-hydroxylation sites is 1. The van der Waals surface area contributed by atoms with Crippen molar-refractivity contribution >= 4 is 33.4 Å². The Morgan fingerprint density at radius 1 is 1.07 bits per heavy atom. The maximum atomic E-state index is 12.7. The first-order valence-electron chi connectivity index (χ1n) is 10.1. The van der Waals surface area contributed by atoms with Gasteiger partial charge >= 0.3 is 0 Å². The van der Waals surface area contributed by atoms with Crippen LogP contribution in [0, 0.1) is 0 Å². The molecule has 1 aliphatic rings. The molecule has 0 fully saturated rings. The van der Waals surface area contributed by atoms with E-state index in [0.717, 1.165) is 58.6 Å². The number of hydrogen-bond acceptors (Lipinski definition) is 2. The lowest BCUT2D eigenvalue weighted by Gasteiger charge is -2.17. The molecule has 0 saturated carbocycles. The zero-order valence-electron chi connectivity index (χ0n) is 16.4. The molecule has 2 N–H and O–H groups in total. The summed E-state index contributed by atoms with van der Waals surface area (Å²) in [7, 11) is 1.99. The van der Waals surface area contributed by atoms with E-state index < -0.39 is 0 Å². The first-order valence-corrected chi connectivity index (χ1v) is 10.1. The molecule has 0 aliphatic heterocycles. The molecular formula is C24H23N3O2. The summed E-state index contributed by atoms with van der Waals surface area (Å²) in [4.78, 5) is 28.1. The summed E-state index contributed by atoms with van der Waals surface area (Å²) in [6.45, 7) is 0. The van der Waals surface area contributed by atoms with Crippen LogP contribution in [0.15, 0.2) is 53.5 Å². The molecule has 1 amide bonds. The third-order valence-electron chi connectivity index (χ3n) is 5.95. The van der Waals surface area contributed by atoms with Crippen molar-refractivity contribution in [3.8, 4) is 0 Å². The van der Waals surface area contributed by atoms with Crippen molar-refractivity contribution in [3.63, 3.8) is 0 Å². The number of aryl methyl sites for hydroxylation is 2. The van der Waals surface area contributed by atoms with E-state index >= 15 is 0 Å². The molecule has 0 unspecified atom stereocenters. The standard InChI is InChI=1S/C24H23N3O2/c1-27-14-15(17-6-4-5-9-22(17)27)12-23(28)25-16-10-11-19-18-7-2-3-8-20(18)24(29)26-21(19)13-16/h4-6,9-11,13-14H,2-3,7-8,12H2,1H3,(H,25,28)(H,26,29). The van der Waals surface area contributed by atoms with Gasteiger partial charge in [-0.25, -0.2) is 0 Å². The number of carbonyl (C=O) groups excluding carboxylic acids is 1. The van der Waals surface area contributed by atoms with Crippen molar-refractivity contribution in [3.05, 3.63) is 75.7 Å². The molecule has 2 aromatic heterocycles. The van der Waals surface area contributed by atoms with Crippen LogP contribution in [0.3, 0.4) is 0 Å². The van der Waals surface area contributed by atoms with Gasteiger partial charge in [0.05, 0.1) is 11.9 Å². The Morgan fingerprint density at radius 3 is 2.72 bits per heavy atom.